The molecule has 0 spiro atoms. The van der Waals surface area contributed by atoms with E-state index in [9.17, 15) is 4.39 Å². The highest BCUT2D eigenvalue weighted by Crippen LogP contribution is 2.30. The zero-order valence-electron chi connectivity index (χ0n) is 11.4. The van der Waals surface area contributed by atoms with E-state index in [-0.39, 0.29) is 11.9 Å². The number of benzene rings is 2. The van der Waals surface area contributed by atoms with Crippen LogP contribution in [-0.4, -0.2) is 6.54 Å². The molecule has 0 aliphatic carbocycles. The highest BCUT2D eigenvalue weighted by Gasteiger charge is 2.17. The lowest BCUT2D eigenvalue weighted by atomic mass is 9.95. The molecule has 4 heteroatoms. The van der Waals surface area contributed by atoms with Gasteiger partial charge in [-0.3, -0.25) is 0 Å². The van der Waals surface area contributed by atoms with Gasteiger partial charge in [0.05, 0.1) is 6.04 Å². The van der Waals surface area contributed by atoms with Gasteiger partial charge in [-0.25, -0.2) is 4.39 Å². The molecular formula is C16H16BrClFN. The lowest BCUT2D eigenvalue weighted by Crippen LogP contribution is -2.23. The summed E-state index contributed by atoms with van der Waals surface area (Å²) in [6.45, 7) is 4.80. The molecule has 0 amide bonds. The van der Waals surface area contributed by atoms with E-state index < -0.39 is 0 Å². The van der Waals surface area contributed by atoms with E-state index >= 15 is 0 Å². The van der Waals surface area contributed by atoms with E-state index in [2.05, 4.69) is 21.2 Å². The van der Waals surface area contributed by atoms with Gasteiger partial charge in [-0.2, -0.15) is 0 Å². The van der Waals surface area contributed by atoms with E-state index in [0.29, 0.717) is 5.02 Å². The maximum atomic E-state index is 13.6. The predicted molar refractivity (Wildman–Crippen MR) is 85.8 cm³/mol. The Morgan fingerprint density at radius 3 is 2.65 bits per heavy atom. The Hall–Kier alpha value is -0.900. The predicted octanol–water partition coefficient (Wildman–Crippen LogP) is 5.25. The summed E-state index contributed by atoms with van der Waals surface area (Å²) in [6, 6.07) is 10.5. The molecule has 0 radical (unpaired) electrons. The Morgan fingerprint density at radius 1 is 1.25 bits per heavy atom. The lowest BCUT2D eigenvalue weighted by molar-refractivity contribution is 0.600. The molecule has 2 rings (SSSR count). The molecule has 0 fully saturated rings. The van der Waals surface area contributed by atoms with Crippen molar-refractivity contribution in [3.8, 4) is 0 Å². The van der Waals surface area contributed by atoms with Crippen LogP contribution in [0.1, 0.15) is 29.7 Å². The first kappa shape index (κ1) is 15.5. The highest BCUT2D eigenvalue weighted by molar-refractivity contribution is 9.10. The van der Waals surface area contributed by atoms with Crippen LogP contribution in [0.5, 0.6) is 0 Å². The number of rotatable bonds is 4. The third-order valence-electron chi connectivity index (χ3n) is 3.18. The van der Waals surface area contributed by atoms with Gasteiger partial charge in [-0.15, -0.1) is 0 Å². The summed E-state index contributed by atoms with van der Waals surface area (Å²) in [5.41, 5.74) is 2.99. The number of hydrogen-bond donors (Lipinski definition) is 1. The molecule has 0 aromatic heterocycles. The van der Waals surface area contributed by atoms with Gasteiger partial charge in [-0.05, 0) is 60.5 Å². The summed E-state index contributed by atoms with van der Waals surface area (Å²) < 4.78 is 14.5. The normalized spacial score (nSPS) is 12.4. The average Bonchev–Trinajstić information content (AvgIpc) is 2.38. The van der Waals surface area contributed by atoms with Crippen LogP contribution >= 0.6 is 27.5 Å². The summed E-state index contributed by atoms with van der Waals surface area (Å²) in [5.74, 6) is -0.227. The van der Waals surface area contributed by atoms with Crippen LogP contribution in [0.4, 0.5) is 4.39 Å². The van der Waals surface area contributed by atoms with Crippen molar-refractivity contribution in [2.75, 3.05) is 6.54 Å². The third-order valence-corrected chi connectivity index (χ3v) is 3.85. The van der Waals surface area contributed by atoms with Gasteiger partial charge in [0.2, 0.25) is 0 Å². The van der Waals surface area contributed by atoms with Gasteiger partial charge < -0.3 is 5.32 Å². The zero-order chi connectivity index (χ0) is 14.7. The first-order valence-electron chi connectivity index (χ1n) is 6.46. The second kappa shape index (κ2) is 6.70. The monoisotopic (exact) mass is 355 g/mol. The van der Waals surface area contributed by atoms with Crippen molar-refractivity contribution >= 4 is 27.5 Å². The molecule has 0 bridgehead atoms. The van der Waals surface area contributed by atoms with Crippen molar-refractivity contribution in [3.05, 3.63) is 68.4 Å². The van der Waals surface area contributed by atoms with Crippen molar-refractivity contribution in [2.45, 2.75) is 19.9 Å². The van der Waals surface area contributed by atoms with Crippen molar-refractivity contribution < 1.29 is 4.39 Å². The van der Waals surface area contributed by atoms with Crippen LogP contribution < -0.4 is 5.32 Å². The molecule has 1 unspecified atom stereocenters. The molecule has 20 heavy (non-hydrogen) atoms. The Kier molecular flexibility index (Phi) is 5.19. The van der Waals surface area contributed by atoms with Gasteiger partial charge in [0.1, 0.15) is 5.82 Å². The van der Waals surface area contributed by atoms with Crippen molar-refractivity contribution in [3.63, 3.8) is 0 Å². The minimum absolute atomic E-state index is 0.0781. The molecule has 0 saturated heterocycles. The number of nitrogens with one attached hydrogen (secondary N) is 1. The Labute approximate surface area is 132 Å². The first-order valence-corrected chi connectivity index (χ1v) is 7.63. The van der Waals surface area contributed by atoms with E-state index in [0.717, 1.165) is 27.7 Å². The van der Waals surface area contributed by atoms with E-state index in [1.54, 1.807) is 12.1 Å². The molecule has 1 atom stereocenters. The van der Waals surface area contributed by atoms with Crippen LogP contribution in [0.15, 0.2) is 40.9 Å². The minimum Gasteiger partial charge on any atom is -0.307 e. The fraction of sp³-hybridized carbons (Fsp3) is 0.250. The Bertz CT molecular complexity index is 595. The van der Waals surface area contributed by atoms with Crippen molar-refractivity contribution in [1.29, 1.82) is 0 Å². The maximum Gasteiger partial charge on any atom is 0.123 e. The molecule has 2 aromatic rings. The molecular weight excluding hydrogens is 341 g/mol. The van der Waals surface area contributed by atoms with E-state index in [1.807, 2.05) is 32.0 Å². The largest absolute Gasteiger partial charge is 0.307 e. The van der Waals surface area contributed by atoms with Gasteiger partial charge >= 0.3 is 0 Å². The molecule has 0 heterocycles. The third kappa shape index (κ3) is 3.60. The van der Waals surface area contributed by atoms with Crippen LogP contribution in [0.2, 0.25) is 5.02 Å². The molecule has 0 aliphatic rings. The quantitative estimate of drug-likeness (QED) is 0.789. The van der Waals surface area contributed by atoms with E-state index in [1.165, 1.54) is 6.07 Å². The summed E-state index contributed by atoms with van der Waals surface area (Å²) >= 11 is 9.57. The SMILES string of the molecule is CCNC(c1cc(Cl)cc(Br)c1)c1cc(F)ccc1C. The van der Waals surface area contributed by atoms with Crippen LogP contribution in [0.25, 0.3) is 0 Å². The van der Waals surface area contributed by atoms with Crippen LogP contribution in [0.3, 0.4) is 0 Å². The first-order chi connectivity index (χ1) is 9.51. The van der Waals surface area contributed by atoms with Gasteiger partial charge in [0, 0.05) is 9.50 Å². The summed E-state index contributed by atoms with van der Waals surface area (Å²) in [7, 11) is 0. The smallest absolute Gasteiger partial charge is 0.123 e. The Balaban J connectivity index is 2.52. The highest BCUT2D eigenvalue weighted by atomic mass is 79.9. The fourth-order valence-electron chi connectivity index (χ4n) is 2.28. The maximum absolute atomic E-state index is 13.6. The Morgan fingerprint density at radius 2 is 2.00 bits per heavy atom. The van der Waals surface area contributed by atoms with Crippen LogP contribution in [-0.2, 0) is 0 Å². The summed E-state index contributed by atoms with van der Waals surface area (Å²) in [4.78, 5) is 0. The summed E-state index contributed by atoms with van der Waals surface area (Å²) in [5, 5.41) is 4.05. The molecule has 106 valence electrons. The van der Waals surface area contributed by atoms with Crippen molar-refractivity contribution in [1.82, 2.24) is 5.32 Å². The molecule has 0 aliphatic heterocycles. The molecule has 1 N–H and O–H groups in total. The molecule has 0 saturated carbocycles. The standard InChI is InChI=1S/C16H16BrClFN/c1-3-20-16(11-6-12(17)8-13(18)7-11)15-9-14(19)5-4-10(15)2/h4-9,16,20H,3H2,1-2H3. The van der Waals surface area contributed by atoms with E-state index in [4.69, 9.17) is 11.6 Å². The average molecular weight is 357 g/mol. The summed E-state index contributed by atoms with van der Waals surface area (Å²) in [6.07, 6.45) is 0. The second-order valence-electron chi connectivity index (χ2n) is 4.69. The van der Waals surface area contributed by atoms with Gasteiger partial charge in [0.25, 0.3) is 0 Å². The fourth-order valence-corrected chi connectivity index (χ4v) is 3.16. The van der Waals surface area contributed by atoms with Crippen molar-refractivity contribution in [2.24, 2.45) is 0 Å². The topological polar surface area (TPSA) is 12.0 Å². The van der Waals surface area contributed by atoms with Gasteiger partial charge in [0.15, 0.2) is 0 Å². The van der Waals surface area contributed by atoms with Crippen LogP contribution in [0, 0.1) is 12.7 Å². The number of halogens is 3. The zero-order valence-corrected chi connectivity index (χ0v) is 13.7. The second-order valence-corrected chi connectivity index (χ2v) is 6.05. The number of aryl methyl sites for hydroxylation is 1. The molecule has 1 nitrogen and oxygen atoms in total. The van der Waals surface area contributed by atoms with Gasteiger partial charge in [-0.1, -0.05) is 40.5 Å². The number of hydrogen-bond acceptors (Lipinski definition) is 1. The lowest BCUT2D eigenvalue weighted by Gasteiger charge is -2.21. The minimum atomic E-state index is -0.227. The molecule has 2 aromatic carbocycles.